The number of nitrogens with one attached hydrogen (secondary N) is 1. The predicted octanol–water partition coefficient (Wildman–Crippen LogP) is 3.97. The monoisotopic (exact) mass is 376 g/mol. The van der Waals surface area contributed by atoms with Crippen molar-refractivity contribution in [3.05, 3.63) is 77.1 Å². The van der Waals surface area contributed by atoms with Crippen molar-refractivity contribution < 1.29 is 14.3 Å². The Kier molecular flexibility index (Phi) is 4.82. The summed E-state index contributed by atoms with van der Waals surface area (Å²) in [6.07, 6.45) is -0.209. The van der Waals surface area contributed by atoms with Crippen molar-refractivity contribution in [2.75, 3.05) is 13.2 Å². The lowest BCUT2D eigenvalue weighted by Gasteiger charge is -2.26. The number of hydrogen-bond acceptors (Lipinski definition) is 3. The van der Waals surface area contributed by atoms with Gasteiger partial charge in [-0.15, -0.1) is 0 Å². The van der Waals surface area contributed by atoms with E-state index in [1.807, 2.05) is 50.2 Å². The van der Waals surface area contributed by atoms with E-state index in [1.165, 1.54) is 5.56 Å². The maximum Gasteiger partial charge on any atom is 0.253 e. The zero-order valence-electron chi connectivity index (χ0n) is 16.4. The second-order valence-corrected chi connectivity index (χ2v) is 7.17. The van der Waals surface area contributed by atoms with Crippen molar-refractivity contribution in [2.24, 2.45) is 0 Å². The van der Waals surface area contributed by atoms with Crippen molar-refractivity contribution in [3.63, 3.8) is 0 Å². The molecule has 1 atom stereocenters. The van der Waals surface area contributed by atoms with Crippen LogP contribution in [0.15, 0.2) is 54.6 Å². The summed E-state index contributed by atoms with van der Waals surface area (Å²) < 4.78 is 13.7. The van der Waals surface area contributed by atoms with Gasteiger partial charge in [0.25, 0.3) is 5.91 Å². The highest BCUT2D eigenvalue weighted by Gasteiger charge is 2.22. The van der Waals surface area contributed by atoms with Gasteiger partial charge in [-0.1, -0.05) is 24.3 Å². The molecule has 1 unspecified atom stereocenters. The highest BCUT2D eigenvalue weighted by atomic mass is 16.6. The van der Waals surface area contributed by atoms with Gasteiger partial charge >= 0.3 is 0 Å². The number of benzene rings is 2. The Morgan fingerprint density at radius 3 is 2.64 bits per heavy atom. The van der Waals surface area contributed by atoms with E-state index < -0.39 is 0 Å². The van der Waals surface area contributed by atoms with Gasteiger partial charge in [-0.05, 0) is 56.7 Å². The van der Waals surface area contributed by atoms with E-state index in [0.717, 1.165) is 22.8 Å². The first-order valence-electron chi connectivity index (χ1n) is 9.45. The smallest absolute Gasteiger partial charge is 0.253 e. The predicted molar refractivity (Wildman–Crippen MR) is 109 cm³/mol. The minimum Gasteiger partial charge on any atom is -0.486 e. The maximum absolute atomic E-state index is 12.8. The zero-order chi connectivity index (χ0) is 19.7. The molecule has 1 aliphatic rings. The molecule has 0 fully saturated rings. The third-order valence-electron chi connectivity index (χ3n) is 4.99. The van der Waals surface area contributed by atoms with Gasteiger partial charge in [0.2, 0.25) is 0 Å². The quantitative estimate of drug-likeness (QED) is 0.750. The number of para-hydroxylation sites is 2. The van der Waals surface area contributed by atoms with Gasteiger partial charge in [-0.3, -0.25) is 4.79 Å². The molecule has 144 valence electrons. The van der Waals surface area contributed by atoms with Crippen LogP contribution in [-0.2, 0) is 0 Å². The van der Waals surface area contributed by atoms with Crippen LogP contribution >= 0.6 is 0 Å². The van der Waals surface area contributed by atoms with E-state index >= 15 is 0 Å². The number of nitrogens with zero attached hydrogens (tertiary/aromatic N) is 1. The number of carbonyl (C=O) groups is 1. The number of hydrogen-bond donors (Lipinski definition) is 1. The SMILES string of the molecule is Cc1cccc(-n2c(C)cc(C(=O)NCC3COc4ccccc4O3)c2C)c1. The molecule has 0 spiro atoms. The Hall–Kier alpha value is -3.21. The lowest BCUT2D eigenvalue weighted by atomic mass is 10.2. The Morgan fingerprint density at radius 1 is 1.07 bits per heavy atom. The number of aryl methyl sites for hydroxylation is 2. The summed E-state index contributed by atoms with van der Waals surface area (Å²) in [5.74, 6) is 1.35. The van der Waals surface area contributed by atoms with Gasteiger partial charge in [0.15, 0.2) is 11.5 Å². The maximum atomic E-state index is 12.8. The highest BCUT2D eigenvalue weighted by Crippen LogP contribution is 2.30. The summed E-state index contributed by atoms with van der Waals surface area (Å²) in [5, 5.41) is 2.99. The average molecular weight is 376 g/mol. The number of aromatic nitrogens is 1. The topological polar surface area (TPSA) is 52.5 Å². The van der Waals surface area contributed by atoms with Crippen molar-refractivity contribution in [1.29, 1.82) is 0 Å². The number of amides is 1. The molecule has 3 aromatic rings. The van der Waals surface area contributed by atoms with Crippen LogP contribution in [0.2, 0.25) is 0 Å². The highest BCUT2D eigenvalue weighted by molar-refractivity contribution is 5.96. The van der Waals surface area contributed by atoms with Gasteiger partial charge in [0, 0.05) is 17.1 Å². The Morgan fingerprint density at radius 2 is 1.86 bits per heavy atom. The van der Waals surface area contributed by atoms with Crippen molar-refractivity contribution in [1.82, 2.24) is 9.88 Å². The third-order valence-corrected chi connectivity index (χ3v) is 4.99. The summed E-state index contributed by atoms with van der Waals surface area (Å²) in [4.78, 5) is 12.8. The number of ether oxygens (including phenoxy) is 2. The van der Waals surface area contributed by atoms with Crippen LogP contribution in [0, 0.1) is 20.8 Å². The molecule has 1 aliphatic heterocycles. The second kappa shape index (κ2) is 7.43. The molecule has 0 aliphatic carbocycles. The first kappa shape index (κ1) is 18.2. The molecule has 4 rings (SSSR count). The van der Waals surface area contributed by atoms with E-state index in [4.69, 9.17) is 9.47 Å². The van der Waals surface area contributed by atoms with E-state index in [2.05, 4.69) is 35.0 Å². The number of carbonyl (C=O) groups excluding carboxylic acids is 1. The van der Waals surface area contributed by atoms with Crippen molar-refractivity contribution in [2.45, 2.75) is 26.9 Å². The van der Waals surface area contributed by atoms with Gasteiger partial charge in [0.05, 0.1) is 12.1 Å². The summed E-state index contributed by atoms with van der Waals surface area (Å²) in [7, 11) is 0. The van der Waals surface area contributed by atoms with Gasteiger partial charge in [0.1, 0.15) is 12.7 Å². The molecule has 0 radical (unpaired) electrons. The van der Waals surface area contributed by atoms with Crippen molar-refractivity contribution >= 4 is 5.91 Å². The molecular formula is C23H24N2O3. The first-order valence-corrected chi connectivity index (χ1v) is 9.45. The Balaban J connectivity index is 1.47. The van der Waals surface area contributed by atoms with E-state index in [9.17, 15) is 4.79 Å². The molecular weight excluding hydrogens is 352 g/mol. The third kappa shape index (κ3) is 3.48. The van der Waals surface area contributed by atoms with E-state index in [-0.39, 0.29) is 12.0 Å². The largest absolute Gasteiger partial charge is 0.486 e. The molecule has 2 aromatic carbocycles. The Labute approximate surface area is 164 Å². The minimum absolute atomic E-state index is 0.102. The average Bonchev–Trinajstić information content (AvgIpc) is 3.00. The number of rotatable bonds is 4. The summed E-state index contributed by atoms with van der Waals surface area (Å²) in [6, 6.07) is 17.8. The van der Waals surface area contributed by atoms with Gasteiger partial charge in [-0.2, -0.15) is 0 Å². The normalized spacial score (nSPS) is 15.3. The number of fused-ring (bicyclic) bond motifs is 1. The van der Waals surface area contributed by atoms with E-state index in [1.54, 1.807) is 0 Å². The lowest BCUT2D eigenvalue weighted by Crippen LogP contribution is -2.40. The summed E-state index contributed by atoms with van der Waals surface area (Å²) >= 11 is 0. The van der Waals surface area contributed by atoms with Crippen LogP contribution < -0.4 is 14.8 Å². The van der Waals surface area contributed by atoms with Crippen LogP contribution in [0.4, 0.5) is 0 Å². The zero-order valence-corrected chi connectivity index (χ0v) is 16.4. The fraction of sp³-hybridized carbons (Fsp3) is 0.261. The Bertz CT molecular complexity index is 1020. The molecule has 2 heterocycles. The van der Waals surface area contributed by atoms with Crippen LogP contribution in [0.3, 0.4) is 0 Å². The molecule has 0 saturated heterocycles. The molecule has 28 heavy (non-hydrogen) atoms. The molecule has 5 heteroatoms. The van der Waals surface area contributed by atoms with Crippen LogP contribution in [0.25, 0.3) is 5.69 Å². The summed E-state index contributed by atoms with van der Waals surface area (Å²) in [6.45, 7) is 6.86. The fourth-order valence-electron chi connectivity index (χ4n) is 3.62. The molecule has 0 bridgehead atoms. The fourth-order valence-corrected chi connectivity index (χ4v) is 3.62. The minimum atomic E-state index is -0.209. The standard InChI is InChI=1S/C23H24N2O3/c1-15-7-6-8-18(11-15)25-16(2)12-20(17(25)3)23(26)24-13-19-14-27-21-9-4-5-10-22(21)28-19/h4-12,19H,13-14H2,1-3H3,(H,24,26). The second-order valence-electron chi connectivity index (χ2n) is 7.17. The lowest BCUT2D eigenvalue weighted by molar-refractivity contribution is 0.0789. The van der Waals surface area contributed by atoms with Gasteiger partial charge in [-0.25, -0.2) is 0 Å². The molecule has 1 N–H and O–H groups in total. The van der Waals surface area contributed by atoms with Crippen LogP contribution in [0.5, 0.6) is 11.5 Å². The van der Waals surface area contributed by atoms with Crippen LogP contribution in [-0.4, -0.2) is 29.7 Å². The molecule has 5 nitrogen and oxygen atoms in total. The van der Waals surface area contributed by atoms with E-state index in [0.29, 0.717) is 24.5 Å². The molecule has 0 saturated carbocycles. The first-order chi connectivity index (χ1) is 13.5. The summed E-state index contributed by atoms with van der Waals surface area (Å²) in [5.41, 5.74) is 4.88. The van der Waals surface area contributed by atoms with Crippen molar-refractivity contribution in [3.8, 4) is 17.2 Å². The van der Waals surface area contributed by atoms with Crippen LogP contribution in [0.1, 0.15) is 27.3 Å². The van der Waals surface area contributed by atoms with Gasteiger partial charge < -0.3 is 19.4 Å². The molecule has 1 aromatic heterocycles. The molecule has 1 amide bonds.